The molecule has 8 heteroatoms. The van der Waals surface area contributed by atoms with Crippen LogP contribution >= 0.6 is 22.9 Å². The second-order valence-corrected chi connectivity index (χ2v) is 3.56. The van der Waals surface area contributed by atoms with E-state index in [1.807, 2.05) is 0 Å². The second kappa shape index (κ2) is 8.05. The smallest absolute Gasteiger partial charge is 0.762 e. The molecular formula is C6H9BClF4NS. The molecule has 0 amide bonds. The highest BCUT2D eigenvalue weighted by molar-refractivity contribution is 7.13. The van der Waals surface area contributed by atoms with Crippen LogP contribution in [0.2, 0.25) is 4.47 Å². The molecule has 1 heterocycles. The minimum Gasteiger partial charge on any atom is -1.00 e. The van der Waals surface area contributed by atoms with Crippen LogP contribution in [0.3, 0.4) is 0 Å². The molecule has 1 rings (SSSR count). The van der Waals surface area contributed by atoms with Crippen molar-refractivity contribution in [3.05, 3.63) is 15.5 Å². The Morgan fingerprint density at radius 3 is 2.07 bits per heavy atom. The van der Waals surface area contributed by atoms with E-state index in [4.69, 9.17) is 11.6 Å². The summed E-state index contributed by atoms with van der Waals surface area (Å²) in [6.07, 6.45) is 0. The van der Waals surface area contributed by atoms with Gasteiger partial charge in [0.25, 0.3) is 0 Å². The van der Waals surface area contributed by atoms with E-state index in [1.165, 1.54) is 5.69 Å². The van der Waals surface area contributed by atoms with Gasteiger partial charge in [0.15, 0.2) is 5.69 Å². The van der Waals surface area contributed by atoms with E-state index in [0.717, 1.165) is 11.0 Å². The molecule has 0 unspecified atom stereocenters. The van der Waals surface area contributed by atoms with Crippen molar-refractivity contribution >= 4 is 30.5 Å². The summed E-state index contributed by atoms with van der Waals surface area (Å²) in [4.78, 5) is 0. The molecule has 0 spiro atoms. The van der Waals surface area contributed by atoms with Crippen LogP contribution in [0.1, 0.15) is 12.6 Å². The van der Waals surface area contributed by atoms with Gasteiger partial charge in [-0.2, -0.15) is 4.57 Å². The van der Waals surface area contributed by atoms with Crippen LogP contribution in [0.15, 0.2) is 5.38 Å². The molecule has 82 valence electrons. The summed E-state index contributed by atoms with van der Waals surface area (Å²) in [6, 6.07) is 0. The minimum atomic E-state index is -3.67. The van der Waals surface area contributed by atoms with Gasteiger partial charge in [-0.3, -0.25) is 12.9 Å². The first-order valence-electron chi connectivity index (χ1n) is 3.54. The van der Waals surface area contributed by atoms with Crippen molar-refractivity contribution in [1.82, 2.24) is 0 Å². The first-order chi connectivity index (χ1) is 5.99. The fourth-order valence-electron chi connectivity index (χ4n) is 0.774. The summed E-state index contributed by atoms with van der Waals surface area (Å²) in [5.74, 6) is 0. The van der Waals surface area contributed by atoms with Gasteiger partial charge in [-0.25, -0.2) is 0 Å². The topological polar surface area (TPSA) is 3.88 Å². The number of thiazole rings is 1. The van der Waals surface area contributed by atoms with Crippen LogP contribution in [-0.4, -0.2) is 7.54 Å². The quantitative estimate of drug-likeness (QED) is 0.372. The van der Waals surface area contributed by atoms with E-state index < -0.39 is 7.54 Å². The number of nitrogens with zero attached hydrogens (tertiary/aromatic N) is 1. The number of halogens is 5. The molecule has 0 N–H and O–H groups in total. The van der Waals surface area contributed by atoms with Crippen molar-refractivity contribution in [2.24, 2.45) is 0 Å². The predicted molar refractivity (Wildman–Crippen MR) is 49.0 cm³/mol. The fourth-order valence-corrected chi connectivity index (χ4v) is 1.96. The van der Waals surface area contributed by atoms with Crippen molar-refractivity contribution in [3.8, 4) is 0 Å². The van der Waals surface area contributed by atoms with Gasteiger partial charge in [-0.05, 0) is 6.92 Å². The van der Waals surface area contributed by atoms with Crippen molar-refractivity contribution in [2.45, 2.75) is 20.4 Å². The number of rotatable bonds is 1. The zero-order chi connectivity index (χ0) is 10.4. The number of hydrogen-bond acceptors (Lipinski definition) is 1. The van der Waals surface area contributed by atoms with Gasteiger partial charge < -0.3 is 4.70 Å². The first kappa shape index (κ1) is 16.1. The Morgan fingerprint density at radius 2 is 1.93 bits per heavy atom. The third kappa shape index (κ3) is 6.20. The predicted octanol–water partition coefficient (Wildman–Crippen LogP) is -0.0989. The van der Waals surface area contributed by atoms with Crippen LogP contribution in [0.25, 0.3) is 0 Å². The van der Waals surface area contributed by atoms with E-state index in [-0.39, 0.29) is 4.70 Å². The first-order valence-corrected chi connectivity index (χ1v) is 4.80. The lowest BCUT2D eigenvalue weighted by molar-refractivity contribution is -0.692. The molecule has 0 fully saturated rings. The summed E-state index contributed by atoms with van der Waals surface area (Å²) in [5.41, 5.74) is 1.24. The molecule has 0 saturated heterocycles. The summed E-state index contributed by atoms with van der Waals surface area (Å²) < 4.78 is 31.9. The van der Waals surface area contributed by atoms with Gasteiger partial charge in [-0.1, -0.05) is 11.3 Å². The number of aryl methyl sites for hydroxylation is 1. The van der Waals surface area contributed by atoms with E-state index in [1.54, 1.807) is 11.3 Å². The molecule has 14 heavy (non-hydrogen) atoms. The van der Waals surface area contributed by atoms with Crippen LogP contribution in [0.4, 0.5) is 12.9 Å². The summed E-state index contributed by atoms with van der Waals surface area (Å²) in [6.45, 7) is 5.12. The molecule has 1 nitrogen and oxygen atoms in total. The standard InChI is InChI=1S/C6H9ClNS.BF3.FH/c1-3-8-5(2)4-9-6(8)7;2-1(3)4;/h4H,3H2,1-2H3;;1H/q+1;;/p-1. The zero-order valence-corrected chi connectivity index (χ0v) is 9.18. The maximum absolute atomic E-state index is 9.67. The van der Waals surface area contributed by atoms with E-state index in [9.17, 15) is 12.9 Å². The van der Waals surface area contributed by atoms with Gasteiger partial charge in [-0.15, -0.1) is 0 Å². The van der Waals surface area contributed by atoms with Crippen LogP contribution in [0, 0.1) is 6.92 Å². The van der Waals surface area contributed by atoms with Crippen molar-refractivity contribution in [1.29, 1.82) is 0 Å². The number of aromatic nitrogens is 1. The molecule has 0 atom stereocenters. The second-order valence-electron chi connectivity index (χ2n) is 2.12. The number of hydrogen-bond donors (Lipinski definition) is 0. The van der Waals surface area contributed by atoms with Crippen LogP contribution < -0.4 is 9.27 Å². The summed E-state index contributed by atoms with van der Waals surface area (Å²) >= 11 is 7.41. The van der Waals surface area contributed by atoms with E-state index in [0.29, 0.717) is 0 Å². The minimum absolute atomic E-state index is 0. The Bertz CT molecular complexity index is 236. The Balaban J connectivity index is 0. The molecule has 0 aromatic carbocycles. The Labute approximate surface area is 89.1 Å². The lowest BCUT2D eigenvalue weighted by Gasteiger charge is -1.86. The zero-order valence-electron chi connectivity index (χ0n) is 7.61. The maximum Gasteiger partial charge on any atom is 0.762 e. The Kier molecular flexibility index (Phi) is 9.28. The molecule has 1 aromatic heterocycles. The molecule has 0 radical (unpaired) electrons. The molecule has 0 bridgehead atoms. The summed E-state index contributed by atoms with van der Waals surface area (Å²) in [5, 5.41) is 2.06. The normalized spacial score (nSPS) is 8.43. The molecule has 0 aliphatic rings. The molecule has 0 aliphatic heterocycles. The highest BCUT2D eigenvalue weighted by atomic mass is 35.5. The van der Waals surface area contributed by atoms with Gasteiger partial charge in [0.1, 0.15) is 6.54 Å². The Morgan fingerprint density at radius 1 is 1.50 bits per heavy atom. The fraction of sp³-hybridized carbons (Fsp3) is 0.500. The highest BCUT2D eigenvalue weighted by Gasteiger charge is 2.10. The molecule has 0 saturated carbocycles. The third-order valence-corrected chi connectivity index (χ3v) is 2.63. The molecule has 0 aliphatic carbocycles. The average molecular weight is 249 g/mol. The third-order valence-electron chi connectivity index (χ3n) is 1.28. The monoisotopic (exact) mass is 249 g/mol. The van der Waals surface area contributed by atoms with Crippen LogP contribution in [-0.2, 0) is 6.54 Å². The maximum atomic E-state index is 9.67. The summed E-state index contributed by atoms with van der Waals surface area (Å²) in [7, 11) is -3.67. The largest absolute Gasteiger partial charge is 1.00 e. The van der Waals surface area contributed by atoms with Crippen molar-refractivity contribution in [2.75, 3.05) is 0 Å². The van der Waals surface area contributed by atoms with Gasteiger partial charge >= 0.3 is 12.0 Å². The van der Waals surface area contributed by atoms with E-state index in [2.05, 4.69) is 23.8 Å². The molecule has 1 aromatic rings. The van der Waals surface area contributed by atoms with Gasteiger partial charge in [0.2, 0.25) is 0 Å². The average Bonchev–Trinajstić information content (AvgIpc) is 2.30. The SMILES string of the molecule is CC[n+]1c(C)csc1Cl.FB(F)F.[F-]. The highest BCUT2D eigenvalue weighted by Crippen LogP contribution is 2.11. The molecular weight excluding hydrogens is 240 g/mol. The van der Waals surface area contributed by atoms with Gasteiger partial charge in [0.05, 0.1) is 5.38 Å². The Hall–Kier alpha value is -0.295. The lowest BCUT2D eigenvalue weighted by Crippen LogP contribution is -3.00. The lowest BCUT2D eigenvalue weighted by atomic mass is 10.5. The van der Waals surface area contributed by atoms with Crippen molar-refractivity contribution < 1.29 is 22.2 Å². The van der Waals surface area contributed by atoms with Gasteiger partial charge in [0, 0.05) is 18.5 Å². The van der Waals surface area contributed by atoms with Crippen molar-refractivity contribution in [3.63, 3.8) is 0 Å². The van der Waals surface area contributed by atoms with Crippen LogP contribution in [0.5, 0.6) is 0 Å². The van der Waals surface area contributed by atoms with E-state index >= 15 is 0 Å².